The van der Waals surface area contributed by atoms with Crippen LogP contribution in [0.5, 0.6) is 5.88 Å². The van der Waals surface area contributed by atoms with Gasteiger partial charge in [0.25, 0.3) is 5.91 Å². The number of nitrogens with zero attached hydrogens (tertiary/aromatic N) is 5. The summed E-state index contributed by atoms with van der Waals surface area (Å²) in [5, 5.41) is 8.38. The number of fused-ring (bicyclic) bond motifs is 3. The number of nitrogen functional groups attached to an aromatic ring is 1. The van der Waals surface area contributed by atoms with Gasteiger partial charge in [0.05, 0.1) is 36.7 Å². The van der Waals surface area contributed by atoms with Crippen LogP contribution in [0.3, 0.4) is 0 Å². The number of nitrogens with two attached hydrogens (primary N) is 1. The molecular formula is C22H22F2N6O3. The van der Waals surface area contributed by atoms with Crippen LogP contribution in [-0.2, 0) is 17.9 Å². The quantitative estimate of drug-likeness (QED) is 0.576. The highest BCUT2D eigenvalue weighted by Crippen LogP contribution is 2.38. The molecule has 3 aromatic rings. The summed E-state index contributed by atoms with van der Waals surface area (Å²) in [7, 11) is 0. The topological polar surface area (TPSA) is 116 Å². The fraction of sp³-hybridized carbons (Fsp3) is 0.409. The Balaban J connectivity index is 1.43. The van der Waals surface area contributed by atoms with E-state index in [-0.39, 0.29) is 30.1 Å². The van der Waals surface area contributed by atoms with Crippen molar-refractivity contribution < 1.29 is 23.0 Å². The minimum Gasteiger partial charge on any atom is -0.415 e. The number of hydrogen-bond donors (Lipinski definition) is 1. The van der Waals surface area contributed by atoms with Crippen LogP contribution in [0.25, 0.3) is 10.9 Å². The molecule has 0 aromatic carbocycles. The molecule has 1 aliphatic carbocycles. The summed E-state index contributed by atoms with van der Waals surface area (Å²) in [6.45, 7) is 0.0603. The van der Waals surface area contributed by atoms with Gasteiger partial charge in [-0.15, -0.1) is 5.10 Å². The van der Waals surface area contributed by atoms with Gasteiger partial charge in [0.15, 0.2) is 0 Å². The molecule has 1 amide bonds. The Morgan fingerprint density at radius 1 is 1.33 bits per heavy atom. The van der Waals surface area contributed by atoms with Crippen molar-refractivity contribution in [3.63, 3.8) is 0 Å². The van der Waals surface area contributed by atoms with Crippen LogP contribution in [0, 0.1) is 5.92 Å². The maximum atomic E-state index is 13.4. The van der Waals surface area contributed by atoms with Gasteiger partial charge in [0.2, 0.25) is 5.88 Å². The van der Waals surface area contributed by atoms with E-state index >= 15 is 0 Å². The first-order valence-electron chi connectivity index (χ1n) is 10.7. The molecule has 1 atom stereocenters. The minimum atomic E-state index is -2.98. The van der Waals surface area contributed by atoms with Crippen LogP contribution in [-0.4, -0.2) is 44.1 Å². The van der Waals surface area contributed by atoms with Crippen molar-refractivity contribution >= 4 is 22.6 Å². The molecule has 0 radical (unpaired) electrons. The zero-order valence-electron chi connectivity index (χ0n) is 17.9. The number of rotatable bonds is 7. The van der Waals surface area contributed by atoms with Crippen molar-refractivity contribution in [3.8, 4) is 5.88 Å². The SMILES string of the molecule is C[C@@H]1OCc2c1c(N)nc1cnc(C(=O)N(Cc3ccc(OC(F)F)nn3)CC3CC3)cc21. The molecule has 0 spiro atoms. The Bertz CT molecular complexity index is 1200. The minimum absolute atomic E-state index is 0.161. The van der Waals surface area contributed by atoms with Gasteiger partial charge in [-0.3, -0.25) is 4.79 Å². The lowest BCUT2D eigenvalue weighted by molar-refractivity contribution is -0.0534. The van der Waals surface area contributed by atoms with E-state index in [0.29, 0.717) is 36.1 Å². The molecule has 11 heteroatoms. The third kappa shape index (κ3) is 4.40. The Kier molecular flexibility index (Phi) is 5.49. The van der Waals surface area contributed by atoms with Gasteiger partial charge < -0.3 is 20.1 Å². The van der Waals surface area contributed by atoms with Crippen molar-refractivity contribution in [2.75, 3.05) is 12.3 Å². The van der Waals surface area contributed by atoms with Gasteiger partial charge in [-0.1, -0.05) is 0 Å². The number of anilines is 1. The first-order chi connectivity index (χ1) is 15.9. The molecular weight excluding hydrogens is 434 g/mol. The highest BCUT2D eigenvalue weighted by molar-refractivity contribution is 5.97. The predicted molar refractivity (Wildman–Crippen MR) is 113 cm³/mol. The fourth-order valence-electron chi connectivity index (χ4n) is 4.06. The molecule has 3 aromatic heterocycles. The standard InChI is InChI=1S/C22H22F2N6O3/c1-11-19-15(10-32-11)14-6-16(26-7-17(14)27-20(19)25)21(31)30(8-12-2-3-12)9-13-4-5-18(29-28-13)33-22(23)24/h4-7,11-12,22H,2-3,8-10H2,1H3,(H2,25,27)/t11-/m0/s1. The number of alkyl halides is 2. The zero-order valence-corrected chi connectivity index (χ0v) is 17.9. The van der Waals surface area contributed by atoms with Crippen molar-refractivity contribution in [3.05, 3.63) is 46.9 Å². The molecule has 9 nitrogen and oxygen atoms in total. The molecule has 0 bridgehead atoms. The first-order valence-corrected chi connectivity index (χ1v) is 10.7. The highest BCUT2D eigenvalue weighted by Gasteiger charge is 2.30. The van der Waals surface area contributed by atoms with Crippen LogP contribution in [0.2, 0.25) is 0 Å². The number of aromatic nitrogens is 4. The van der Waals surface area contributed by atoms with Crippen LogP contribution in [0.1, 0.15) is 53.2 Å². The Morgan fingerprint density at radius 3 is 2.85 bits per heavy atom. The monoisotopic (exact) mass is 456 g/mol. The maximum absolute atomic E-state index is 13.4. The van der Waals surface area contributed by atoms with Crippen LogP contribution >= 0.6 is 0 Å². The molecule has 172 valence electrons. The van der Waals surface area contributed by atoms with Gasteiger partial charge >= 0.3 is 6.61 Å². The van der Waals surface area contributed by atoms with Gasteiger partial charge in [0, 0.05) is 23.6 Å². The number of amides is 1. The summed E-state index contributed by atoms with van der Waals surface area (Å²) >= 11 is 0. The van der Waals surface area contributed by atoms with Crippen molar-refractivity contribution in [2.45, 2.75) is 45.6 Å². The second-order valence-electron chi connectivity index (χ2n) is 8.30. The molecule has 1 saturated carbocycles. The van der Waals surface area contributed by atoms with Crippen LogP contribution < -0.4 is 10.5 Å². The normalized spacial score (nSPS) is 17.4. The fourth-order valence-corrected chi connectivity index (χ4v) is 4.06. The van der Waals surface area contributed by atoms with E-state index in [1.165, 1.54) is 12.1 Å². The van der Waals surface area contributed by atoms with E-state index in [1.807, 2.05) is 6.92 Å². The zero-order chi connectivity index (χ0) is 23.1. The number of halogens is 2. The number of carbonyl (C=O) groups excluding carboxylic acids is 1. The molecule has 0 saturated heterocycles. The lowest BCUT2D eigenvalue weighted by Crippen LogP contribution is -2.33. The number of ether oxygens (including phenoxy) is 2. The molecule has 2 aliphatic rings. The Morgan fingerprint density at radius 2 is 2.15 bits per heavy atom. The van der Waals surface area contributed by atoms with E-state index < -0.39 is 6.61 Å². The van der Waals surface area contributed by atoms with Gasteiger partial charge in [0.1, 0.15) is 11.5 Å². The molecule has 4 heterocycles. The third-order valence-electron chi connectivity index (χ3n) is 5.87. The van der Waals surface area contributed by atoms with Crippen LogP contribution in [0.15, 0.2) is 24.4 Å². The average molecular weight is 456 g/mol. The van der Waals surface area contributed by atoms with Gasteiger partial charge in [-0.05, 0) is 43.4 Å². The summed E-state index contributed by atoms with van der Waals surface area (Å²) in [5.41, 5.74) is 9.23. The van der Waals surface area contributed by atoms with E-state index in [9.17, 15) is 13.6 Å². The predicted octanol–water partition coefficient (Wildman–Crippen LogP) is 3.25. The largest absolute Gasteiger partial charge is 0.415 e. The Hall–Kier alpha value is -3.47. The second-order valence-corrected chi connectivity index (χ2v) is 8.30. The van der Waals surface area contributed by atoms with Gasteiger partial charge in [-0.2, -0.15) is 13.9 Å². The smallest absolute Gasteiger partial charge is 0.388 e. The molecule has 2 N–H and O–H groups in total. The average Bonchev–Trinajstić information content (AvgIpc) is 3.52. The molecule has 5 rings (SSSR count). The molecule has 1 fully saturated rings. The Labute approximate surface area is 187 Å². The summed E-state index contributed by atoms with van der Waals surface area (Å²) < 4.78 is 34.6. The number of hydrogen-bond acceptors (Lipinski definition) is 8. The first kappa shape index (κ1) is 21.4. The van der Waals surface area contributed by atoms with Crippen molar-refractivity contribution in [1.29, 1.82) is 0 Å². The summed E-state index contributed by atoms with van der Waals surface area (Å²) in [6, 6.07) is 4.56. The van der Waals surface area contributed by atoms with E-state index in [1.54, 1.807) is 17.2 Å². The van der Waals surface area contributed by atoms with E-state index in [4.69, 9.17) is 10.5 Å². The summed E-state index contributed by atoms with van der Waals surface area (Å²) in [5.74, 6) is 0.304. The number of carbonyl (C=O) groups is 1. The highest BCUT2D eigenvalue weighted by atomic mass is 19.3. The molecule has 0 unspecified atom stereocenters. The lowest BCUT2D eigenvalue weighted by Gasteiger charge is -2.22. The third-order valence-corrected chi connectivity index (χ3v) is 5.87. The van der Waals surface area contributed by atoms with Crippen molar-refractivity contribution in [1.82, 2.24) is 25.1 Å². The van der Waals surface area contributed by atoms with E-state index in [0.717, 1.165) is 29.4 Å². The second kappa shape index (κ2) is 8.47. The van der Waals surface area contributed by atoms with Crippen LogP contribution in [0.4, 0.5) is 14.6 Å². The summed E-state index contributed by atoms with van der Waals surface area (Å²) in [4.78, 5) is 23.8. The number of pyridine rings is 2. The summed E-state index contributed by atoms with van der Waals surface area (Å²) in [6.07, 6.45) is 3.49. The maximum Gasteiger partial charge on any atom is 0.388 e. The van der Waals surface area contributed by atoms with Crippen molar-refractivity contribution in [2.24, 2.45) is 5.92 Å². The van der Waals surface area contributed by atoms with E-state index in [2.05, 4.69) is 24.9 Å². The molecule has 1 aliphatic heterocycles. The lowest BCUT2D eigenvalue weighted by atomic mass is 10.0. The molecule has 33 heavy (non-hydrogen) atoms. The van der Waals surface area contributed by atoms with Gasteiger partial charge in [-0.25, -0.2) is 9.97 Å².